The maximum Gasteiger partial charge on any atom is 0.326 e. The second-order valence-corrected chi connectivity index (χ2v) is 5.39. The molecule has 2 heterocycles. The quantitative estimate of drug-likeness (QED) is 0.551. The van der Waals surface area contributed by atoms with E-state index in [0.717, 1.165) is 4.90 Å². The zero-order valence-electron chi connectivity index (χ0n) is 12.9. The predicted molar refractivity (Wildman–Crippen MR) is 81.5 cm³/mol. The lowest BCUT2D eigenvalue weighted by Crippen LogP contribution is -2.43. The molecule has 0 N–H and O–H groups in total. The van der Waals surface area contributed by atoms with Gasteiger partial charge in [0.05, 0.1) is 24.5 Å². The molecule has 0 aliphatic carbocycles. The SMILES string of the molecule is O=C(CN1C(=O)C(=O)c2ccccc21)OCC(=O)N1CCOCC1. The molecule has 1 aromatic rings. The van der Waals surface area contributed by atoms with Gasteiger partial charge in [0.15, 0.2) is 6.61 Å². The van der Waals surface area contributed by atoms with Crippen molar-refractivity contribution in [2.75, 3.05) is 44.4 Å². The van der Waals surface area contributed by atoms with E-state index in [1.165, 1.54) is 6.07 Å². The summed E-state index contributed by atoms with van der Waals surface area (Å²) in [6.45, 7) is 1.04. The van der Waals surface area contributed by atoms with E-state index < -0.39 is 30.8 Å². The summed E-state index contributed by atoms with van der Waals surface area (Å²) >= 11 is 0. The zero-order chi connectivity index (χ0) is 17.1. The lowest BCUT2D eigenvalue weighted by atomic mass is 10.1. The van der Waals surface area contributed by atoms with E-state index in [1.54, 1.807) is 23.1 Å². The van der Waals surface area contributed by atoms with E-state index in [9.17, 15) is 19.2 Å². The first kappa shape index (κ1) is 16.1. The molecule has 8 nitrogen and oxygen atoms in total. The number of hydrogen-bond donors (Lipinski definition) is 0. The number of ketones is 1. The third kappa shape index (κ3) is 3.13. The molecular formula is C16H16N2O6. The number of hydrogen-bond acceptors (Lipinski definition) is 6. The van der Waals surface area contributed by atoms with Crippen LogP contribution in [0, 0.1) is 0 Å². The third-order valence-electron chi connectivity index (χ3n) is 3.89. The minimum absolute atomic E-state index is 0.264. The number of amides is 2. The molecule has 126 valence electrons. The molecule has 0 spiro atoms. The van der Waals surface area contributed by atoms with Gasteiger partial charge in [-0.15, -0.1) is 0 Å². The molecule has 0 bridgehead atoms. The lowest BCUT2D eigenvalue weighted by molar-refractivity contribution is -0.152. The number of nitrogens with zero attached hydrogens (tertiary/aromatic N) is 2. The van der Waals surface area contributed by atoms with Crippen molar-refractivity contribution in [3.63, 3.8) is 0 Å². The number of carbonyl (C=O) groups is 4. The number of anilines is 1. The van der Waals surface area contributed by atoms with Crippen molar-refractivity contribution >= 4 is 29.3 Å². The summed E-state index contributed by atoms with van der Waals surface area (Å²) in [7, 11) is 0. The summed E-state index contributed by atoms with van der Waals surface area (Å²) in [5.41, 5.74) is 0.642. The minimum Gasteiger partial charge on any atom is -0.454 e. The largest absolute Gasteiger partial charge is 0.454 e. The van der Waals surface area contributed by atoms with Gasteiger partial charge in [-0.25, -0.2) is 0 Å². The van der Waals surface area contributed by atoms with E-state index in [2.05, 4.69) is 0 Å². The van der Waals surface area contributed by atoms with E-state index >= 15 is 0 Å². The van der Waals surface area contributed by atoms with Gasteiger partial charge in [0.2, 0.25) is 0 Å². The number of rotatable bonds is 4. The molecule has 2 amide bonds. The summed E-state index contributed by atoms with van der Waals surface area (Å²) in [6, 6.07) is 6.44. The Morgan fingerprint density at radius 1 is 1.12 bits per heavy atom. The standard InChI is InChI=1S/C16H16N2O6/c19-13(17-5-7-23-8-6-17)10-24-14(20)9-18-12-4-2-1-3-11(12)15(21)16(18)22/h1-4H,5-10H2. The van der Waals surface area contributed by atoms with Crippen molar-refractivity contribution in [1.82, 2.24) is 4.90 Å². The number of carbonyl (C=O) groups excluding carboxylic acids is 4. The molecule has 1 aromatic carbocycles. The van der Waals surface area contributed by atoms with Crippen molar-refractivity contribution in [2.45, 2.75) is 0 Å². The molecule has 0 atom stereocenters. The summed E-state index contributed by atoms with van der Waals surface area (Å²) in [6.07, 6.45) is 0. The Morgan fingerprint density at radius 3 is 2.58 bits per heavy atom. The summed E-state index contributed by atoms with van der Waals surface area (Å²) in [5, 5.41) is 0. The van der Waals surface area contributed by atoms with Crippen LogP contribution >= 0.6 is 0 Å². The van der Waals surface area contributed by atoms with Crippen LogP contribution in [0.25, 0.3) is 0 Å². The van der Waals surface area contributed by atoms with Crippen LogP contribution in [-0.4, -0.2) is 67.9 Å². The van der Waals surface area contributed by atoms with Crippen LogP contribution in [0.4, 0.5) is 5.69 Å². The Morgan fingerprint density at radius 2 is 1.83 bits per heavy atom. The zero-order valence-corrected chi connectivity index (χ0v) is 12.9. The second-order valence-electron chi connectivity index (χ2n) is 5.39. The maximum atomic E-state index is 12.0. The van der Waals surface area contributed by atoms with Crippen LogP contribution in [0.1, 0.15) is 10.4 Å². The molecule has 0 saturated carbocycles. The van der Waals surface area contributed by atoms with Gasteiger partial charge in [0.25, 0.3) is 17.6 Å². The molecule has 1 fully saturated rings. The fourth-order valence-corrected chi connectivity index (χ4v) is 2.63. The highest BCUT2D eigenvalue weighted by Crippen LogP contribution is 2.28. The van der Waals surface area contributed by atoms with Gasteiger partial charge in [-0.2, -0.15) is 0 Å². The van der Waals surface area contributed by atoms with Crippen LogP contribution in [-0.2, 0) is 23.9 Å². The molecule has 8 heteroatoms. The highest BCUT2D eigenvalue weighted by molar-refractivity contribution is 6.52. The number of esters is 1. The molecule has 0 aromatic heterocycles. The van der Waals surface area contributed by atoms with Crippen molar-refractivity contribution in [3.05, 3.63) is 29.8 Å². The Labute approximate surface area is 137 Å². The number of Topliss-reactive ketones (excluding diaryl/α,β-unsaturated/α-hetero) is 1. The van der Waals surface area contributed by atoms with Crippen molar-refractivity contribution < 1.29 is 28.7 Å². The molecule has 2 aliphatic rings. The number of ether oxygens (including phenoxy) is 2. The van der Waals surface area contributed by atoms with Gasteiger partial charge in [-0.05, 0) is 12.1 Å². The molecule has 3 rings (SSSR count). The van der Waals surface area contributed by atoms with Crippen molar-refractivity contribution in [2.24, 2.45) is 0 Å². The van der Waals surface area contributed by atoms with Crippen LogP contribution in [0.5, 0.6) is 0 Å². The predicted octanol–water partition coefficient (Wildman–Crippen LogP) is -0.382. The van der Waals surface area contributed by atoms with Crippen molar-refractivity contribution in [1.29, 1.82) is 0 Å². The Bertz CT molecular complexity index is 696. The van der Waals surface area contributed by atoms with E-state index in [-0.39, 0.29) is 11.5 Å². The highest BCUT2D eigenvalue weighted by Gasteiger charge is 2.36. The minimum atomic E-state index is -0.771. The molecule has 0 unspecified atom stereocenters. The fourth-order valence-electron chi connectivity index (χ4n) is 2.63. The second kappa shape index (κ2) is 6.79. The number of para-hydroxylation sites is 1. The smallest absolute Gasteiger partial charge is 0.326 e. The maximum absolute atomic E-state index is 12.0. The molecule has 0 radical (unpaired) electrons. The van der Waals surface area contributed by atoms with Gasteiger partial charge in [0.1, 0.15) is 6.54 Å². The first-order chi connectivity index (χ1) is 11.6. The van der Waals surface area contributed by atoms with Gasteiger partial charge in [-0.3, -0.25) is 24.1 Å². The third-order valence-corrected chi connectivity index (χ3v) is 3.89. The number of morpholine rings is 1. The lowest BCUT2D eigenvalue weighted by Gasteiger charge is -2.26. The van der Waals surface area contributed by atoms with Gasteiger partial charge in [-0.1, -0.05) is 12.1 Å². The van der Waals surface area contributed by atoms with Gasteiger partial charge in [0, 0.05) is 13.1 Å². The number of benzene rings is 1. The molecular weight excluding hydrogens is 316 g/mol. The van der Waals surface area contributed by atoms with Crippen molar-refractivity contribution in [3.8, 4) is 0 Å². The topological polar surface area (TPSA) is 93.2 Å². The fraction of sp³-hybridized carbons (Fsp3) is 0.375. The Hall–Kier alpha value is -2.74. The highest BCUT2D eigenvalue weighted by atomic mass is 16.5. The summed E-state index contributed by atoms with van der Waals surface area (Å²) < 4.78 is 10.1. The van der Waals surface area contributed by atoms with Crippen LogP contribution in [0.2, 0.25) is 0 Å². The van der Waals surface area contributed by atoms with Crippen LogP contribution in [0.15, 0.2) is 24.3 Å². The van der Waals surface area contributed by atoms with E-state index in [1.807, 2.05) is 0 Å². The Balaban J connectivity index is 1.56. The average molecular weight is 332 g/mol. The first-order valence-corrected chi connectivity index (χ1v) is 7.54. The normalized spacial score (nSPS) is 17.0. The Kier molecular flexibility index (Phi) is 4.57. The molecule has 2 aliphatic heterocycles. The van der Waals surface area contributed by atoms with Gasteiger partial charge < -0.3 is 14.4 Å². The average Bonchev–Trinajstić information content (AvgIpc) is 2.86. The van der Waals surface area contributed by atoms with Gasteiger partial charge >= 0.3 is 5.97 Å². The summed E-state index contributed by atoms with van der Waals surface area (Å²) in [4.78, 5) is 50.3. The van der Waals surface area contributed by atoms with E-state index in [4.69, 9.17) is 9.47 Å². The van der Waals surface area contributed by atoms with Crippen LogP contribution in [0.3, 0.4) is 0 Å². The first-order valence-electron chi connectivity index (χ1n) is 7.54. The molecule has 1 saturated heterocycles. The monoisotopic (exact) mass is 332 g/mol. The van der Waals surface area contributed by atoms with Crippen LogP contribution < -0.4 is 4.90 Å². The molecule has 24 heavy (non-hydrogen) atoms. The summed E-state index contributed by atoms with van der Waals surface area (Å²) in [5.74, 6) is -2.47. The number of fused-ring (bicyclic) bond motifs is 1. The van der Waals surface area contributed by atoms with E-state index in [0.29, 0.717) is 32.0 Å².